The van der Waals surface area contributed by atoms with Crippen molar-refractivity contribution in [3.05, 3.63) is 66.0 Å². The van der Waals surface area contributed by atoms with Gasteiger partial charge >= 0.3 is 7.60 Å². The van der Waals surface area contributed by atoms with Crippen molar-refractivity contribution in [2.75, 3.05) is 31.7 Å². The number of sulfone groups is 2. The zero-order chi connectivity index (χ0) is 26.7. The number of ketones is 1. The van der Waals surface area contributed by atoms with Crippen molar-refractivity contribution in [1.82, 2.24) is 9.97 Å². The molecule has 36 heavy (non-hydrogen) atoms. The molecule has 0 unspecified atom stereocenters. The summed E-state index contributed by atoms with van der Waals surface area (Å²) in [5, 5.41) is 0. The Hall–Kier alpha value is -2.96. The Kier molecular flexibility index (Phi) is 8.11. The van der Waals surface area contributed by atoms with Crippen molar-refractivity contribution >= 4 is 38.9 Å². The Morgan fingerprint density at radius 1 is 0.944 bits per heavy atom. The van der Waals surface area contributed by atoms with Gasteiger partial charge in [-0.25, -0.2) is 26.8 Å². The molecule has 3 rings (SSSR count). The van der Waals surface area contributed by atoms with Crippen LogP contribution in [0.1, 0.15) is 16.1 Å². The minimum atomic E-state index is -3.97. The monoisotopic (exact) mass is 553 g/mol. The smallest absolute Gasteiger partial charge is 0.345 e. The largest absolute Gasteiger partial charge is 0.382 e. The van der Waals surface area contributed by atoms with Crippen molar-refractivity contribution in [2.24, 2.45) is 0 Å². The average Bonchev–Trinajstić information content (AvgIpc) is 2.84. The molecule has 14 heteroatoms. The number of nitrogens with two attached hydrogens (primary N) is 1. The fourth-order valence-electron chi connectivity index (χ4n) is 3.16. The van der Waals surface area contributed by atoms with Crippen LogP contribution in [0, 0.1) is 0 Å². The van der Waals surface area contributed by atoms with E-state index in [1.54, 1.807) is 12.1 Å². The zero-order valence-corrected chi connectivity index (χ0v) is 22.1. The molecular weight excluding hydrogens is 529 g/mol. The molecule has 0 radical (unpaired) electrons. The summed E-state index contributed by atoms with van der Waals surface area (Å²) in [6.45, 7) is 0. The Morgan fingerprint density at radius 2 is 1.50 bits per heavy atom. The number of carbonyl (C=O) groups is 1. The standard InChI is InChI=1S/C22H24N3O8PS2/c1-32-34(27,33-2)14-36(30,31)18-8-4-15(5-9-18)12-20(26)21-22(23)24-13-19(25-21)16-6-10-17(11-7-16)35(3,28)29/h4-11,13H,12,14H2,1-3H3,(H2,23,24). The molecule has 11 nitrogen and oxygen atoms in total. The summed E-state index contributed by atoms with van der Waals surface area (Å²) in [6, 6.07) is 11.5. The molecule has 2 N–H and O–H groups in total. The first-order valence-electron chi connectivity index (χ1n) is 10.3. The lowest BCUT2D eigenvalue weighted by atomic mass is 10.1. The third kappa shape index (κ3) is 6.42. The Balaban J connectivity index is 1.80. The second-order valence-corrected chi connectivity index (χ2v) is 14.5. The van der Waals surface area contributed by atoms with Crippen LogP contribution in [0.4, 0.5) is 5.82 Å². The summed E-state index contributed by atoms with van der Waals surface area (Å²) in [7, 11) is -8.93. The van der Waals surface area contributed by atoms with Gasteiger partial charge in [-0.1, -0.05) is 24.3 Å². The second-order valence-electron chi connectivity index (χ2n) is 7.75. The first kappa shape index (κ1) is 27.6. The number of aromatic nitrogens is 2. The summed E-state index contributed by atoms with van der Waals surface area (Å²) >= 11 is 0. The first-order chi connectivity index (χ1) is 16.8. The molecule has 0 saturated heterocycles. The highest BCUT2D eigenvalue weighted by atomic mass is 32.2. The predicted molar refractivity (Wildman–Crippen MR) is 133 cm³/mol. The third-order valence-electron chi connectivity index (χ3n) is 5.17. The van der Waals surface area contributed by atoms with Crippen molar-refractivity contribution < 1.29 is 35.2 Å². The van der Waals surface area contributed by atoms with Crippen LogP contribution >= 0.6 is 7.60 Å². The van der Waals surface area contributed by atoms with Gasteiger partial charge in [0.25, 0.3) is 0 Å². The lowest BCUT2D eigenvalue weighted by Gasteiger charge is -2.14. The molecule has 1 aromatic heterocycles. The molecule has 1 heterocycles. The average molecular weight is 554 g/mol. The van der Waals surface area contributed by atoms with Gasteiger partial charge in [-0.05, 0) is 29.8 Å². The summed E-state index contributed by atoms with van der Waals surface area (Å²) in [5.41, 5.74) is 6.33. The number of carbonyl (C=O) groups excluding carboxylic acids is 1. The van der Waals surface area contributed by atoms with Gasteiger partial charge in [0.05, 0.1) is 21.7 Å². The Bertz CT molecular complexity index is 1530. The number of anilines is 1. The van der Waals surface area contributed by atoms with Crippen molar-refractivity contribution in [3.8, 4) is 11.3 Å². The summed E-state index contributed by atoms with van der Waals surface area (Å²) in [6.07, 6.45) is 2.34. The van der Waals surface area contributed by atoms with E-state index >= 15 is 0 Å². The van der Waals surface area contributed by atoms with E-state index in [1.807, 2.05) is 0 Å². The van der Waals surface area contributed by atoms with Gasteiger partial charge in [0, 0.05) is 32.5 Å². The third-order valence-corrected chi connectivity index (χ3v) is 11.0. The second kappa shape index (κ2) is 10.6. The highest BCUT2D eigenvalue weighted by Crippen LogP contribution is 2.48. The SMILES string of the molecule is COP(=O)(CS(=O)(=O)c1ccc(CC(=O)c2nc(-c3ccc(S(C)(=O)=O)cc3)cnc2N)cc1)OC. The van der Waals surface area contributed by atoms with Crippen molar-refractivity contribution in [3.63, 3.8) is 0 Å². The van der Waals surface area contributed by atoms with Crippen LogP contribution in [-0.4, -0.2) is 58.6 Å². The van der Waals surface area contributed by atoms with Gasteiger partial charge in [-0.3, -0.25) is 9.36 Å². The molecule has 0 atom stereocenters. The van der Waals surface area contributed by atoms with E-state index in [1.165, 1.54) is 42.6 Å². The van der Waals surface area contributed by atoms with E-state index in [9.17, 15) is 26.2 Å². The number of nitrogen functional groups attached to an aromatic ring is 1. The van der Waals surface area contributed by atoms with E-state index in [2.05, 4.69) is 9.97 Å². The molecule has 0 spiro atoms. The Morgan fingerprint density at radius 3 is 2.03 bits per heavy atom. The maximum Gasteiger partial charge on any atom is 0.345 e. The van der Waals surface area contributed by atoms with Crippen LogP contribution in [-0.2, 0) is 39.7 Å². The van der Waals surface area contributed by atoms with E-state index in [0.29, 0.717) is 16.8 Å². The van der Waals surface area contributed by atoms with Crippen LogP contribution in [0.2, 0.25) is 0 Å². The summed E-state index contributed by atoms with van der Waals surface area (Å²) < 4.78 is 70.0. The van der Waals surface area contributed by atoms with E-state index < -0.39 is 38.5 Å². The molecule has 0 fully saturated rings. The molecule has 0 aliphatic heterocycles. The van der Waals surface area contributed by atoms with Gasteiger partial charge in [-0.15, -0.1) is 0 Å². The fraction of sp³-hybridized carbons (Fsp3) is 0.227. The maximum atomic E-state index is 12.9. The van der Waals surface area contributed by atoms with Gasteiger partial charge in [-0.2, -0.15) is 0 Å². The molecule has 0 aliphatic rings. The molecular formula is C22H24N3O8PS2. The molecule has 0 aliphatic carbocycles. The van der Waals surface area contributed by atoms with E-state index in [4.69, 9.17) is 14.8 Å². The highest BCUT2D eigenvalue weighted by molar-refractivity contribution is 7.97. The molecule has 192 valence electrons. The molecule has 0 amide bonds. The zero-order valence-electron chi connectivity index (χ0n) is 19.6. The first-order valence-corrected chi connectivity index (χ1v) is 15.5. The van der Waals surface area contributed by atoms with Crippen LogP contribution < -0.4 is 5.73 Å². The summed E-state index contributed by atoms with van der Waals surface area (Å²) in [5.74, 6) is -0.529. The van der Waals surface area contributed by atoms with Crippen LogP contribution in [0.15, 0.2) is 64.5 Å². The number of nitrogens with zero attached hydrogens (tertiary/aromatic N) is 2. The minimum Gasteiger partial charge on any atom is -0.382 e. The van der Waals surface area contributed by atoms with Crippen molar-refractivity contribution in [1.29, 1.82) is 0 Å². The lowest BCUT2D eigenvalue weighted by Crippen LogP contribution is -2.12. The van der Waals surface area contributed by atoms with Crippen LogP contribution in [0.3, 0.4) is 0 Å². The number of hydrogen-bond donors (Lipinski definition) is 1. The molecule has 3 aromatic rings. The summed E-state index contributed by atoms with van der Waals surface area (Å²) in [4.78, 5) is 21.3. The van der Waals surface area contributed by atoms with Gasteiger partial charge < -0.3 is 14.8 Å². The highest BCUT2D eigenvalue weighted by Gasteiger charge is 2.31. The van der Waals surface area contributed by atoms with E-state index in [-0.39, 0.29) is 27.7 Å². The van der Waals surface area contributed by atoms with Gasteiger partial charge in [0.2, 0.25) is 0 Å². The fourth-order valence-corrected chi connectivity index (χ4v) is 7.60. The lowest BCUT2D eigenvalue weighted by molar-refractivity contribution is 0.0989. The molecule has 0 saturated carbocycles. The number of hydrogen-bond acceptors (Lipinski definition) is 11. The topological polar surface area (TPSA) is 173 Å². The molecule has 2 aromatic carbocycles. The maximum absolute atomic E-state index is 12.9. The predicted octanol–water partition coefficient (Wildman–Crippen LogP) is 2.77. The minimum absolute atomic E-state index is 0.0717. The van der Waals surface area contributed by atoms with E-state index in [0.717, 1.165) is 20.5 Å². The van der Waals surface area contributed by atoms with Gasteiger partial charge in [0.1, 0.15) is 5.69 Å². The van der Waals surface area contributed by atoms with Crippen LogP contribution in [0.25, 0.3) is 11.3 Å². The number of benzene rings is 2. The van der Waals surface area contributed by atoms with Crippen LogP contribution in [0.5, 0.6) is 0 Å². The number of Topliss-reactive ketones (excluding diaryl/α,β-unsaturated/α-hetero) is 1. The molecule has 0 bridgehead atoms. The number of rotatable bonds is 10. The quantitative estimate of drug-likeness (QED) is 0.289. The Labute approximate surface area is 209 Å². The van der Waals surface area contributed by atoms with Gasteiger partial charge in [0.15, 0.2) is 36.8 Å². The normalized spacial score (nSPS) is 12.4. The van der Waals surface area contributed by atoms with Crippen molar-refractivity contribution in [2.45, 2.75) is 16.2 Å².